The van der Waals surface area contributed by atoms with Gasteiger partial charge in [0.05, 0.1) is 16.9 Å². The molecule has 0 aliphatic carbocycles. The summed E-state index contributed by atoms with van der Waals surface area (Å²) in [6.45, 7) is 6.68. The molecular weight excluding hydrogens is 930 g/mol. The quantitative estimate of drug-likeness (QED) is 0.165. The molecule has 0 amide bonds. The third kappa shape index (κ3) is 5.73. The molecule has 0 radical (unpaired) electrons. The smallest absolute Gasteiger partial charge is 0.503 e. The van der Waals surface area contributed by atoms with Crippen LogP contribution in [0.1, 0.15) is 26.3 Å². The molecule has 294 valence electrons. The normalized spacial score (nSPS) is 12.0. The Bertz CT molecular complexity index is 3760. The van der Waals surface area contributed by atoms with Gasteiger partial charge in [0.25, 0.3) is 0 Å². The average Bonchev–Trinajstić information content (AvgIpc) is 3.94. The molecule has 0 aliphatic heterocycles. The Kier molecular flexibility index (Phi) is 8.52. The van der Waals surface area contributed by atoms with Gasteiger partial charge in [-0.2, -0.15) is 6.07 Å². The number of benzene rings is 7. The molecule has 0 fully saturated rings. The van der Waals surface area contributed by atoms with Gasteiger partial charge in [0.2, 0.25) is 0 Å². The first kappa shape index (κ1) is 37.0. The number of ether oxygens (including phenoxy) is 1. The summed E-state index contributed by atoms with van der Waals surface area (Å²) in [5.41, 5.74) is 9.12. The van der Waals surface area contributed by atoms with E-state index in [-0.39, 0.29) is 26.5 Å². The van der Waals surface area contributed by atoms with Gasteiger partial charge in [0, 0.05) is 44.9 Å². The maximum absolute atomic E-state index is 6.69. The second-order valence-corrected chi connectivity index (χ2v) is 16.5. The summed E-state index contributed by atoms with van der Waals surface area (Å²) in [6, 6.07) is 64.7. The Morgan fingerprint density at radius 2 is 1.07 bits per heavy atom. The molecule has 0 spiro atoms. The Morgan fingerprint density at radius 1 is 0.508 bits per heavy atom. The Morgan fingerprint density at radius 3 is 1.74 bits per heavy atom. The maximum atomic E-state index is 6.69. The van der Waals surface area contributed by atoms with E-state index in [4.69, 9.17) is 14.7 Å². The van der Waals surface area contributed by atoms with Crippen molar-refractivity contribution in [3.8, 4) is 28.7 Å². The molecule has 61 heavy (non-hydrogen) atoms. The van der Waals surface area contributed by atoms with Crippen LogP contribution in [-0.2, 0) is 26.5 Å². The summed E-state index contributed by atoms with van der Waals surface area (Å²) in [5, 5.41) is 7.92. The Hall–Kier alpha value is -7.01. The molecule has 7 aromatic carbocycles. The molecule has 0 saturated heterocycles. The van der Waals surface area contributed by atoms with E-state index < -0.39 is 0 Å². The zero-order valence-corrected chi connectivity index (χ0v) is 35.9. The van der Waals surface area contributed by atoms with Crippen LogP contribution in [0, 0.1) is 12.1 Å². The first-order chi connectivity index (χ1) is 29.4. The van der Waals surface area contributed by atoms with Crippen molar-refractivity contribution in [2.75, 3.05) is 0 Å². The van der Waals surface area contributed by atoms with Gasteiger partial charge in [-0.1, -0.05) is 129 Å². The summed E-state index contributed by atoms with van der Waals surface area (Å²) in [5.74, 6) is 2.78. The van der Waals surface area contributed by atoms with Crippen molar-refractivity contribution >= 4 is 76.5 Å². The minimum absolute atomic E-state index is 0. The second-order valence-electron chi connectivity index (χ2n) is 16.5. The number of hydrogen-bond acceptors (Lipinski definition) is 3. The average molecular weight is 967 g/mol. The molecule has 0 aliphatic rings. The van der Waals surface area contributed by atoms with Gasteiger partial charge in [-0.05, 0) is 63.5 Å². The van der Waals surface area contributed by atoms with E-state index in [1.807, 2.05) is 24.4 Å². The van der Waals surface area contributed by atoms with Crippen LogP contribution in [0.3, 0.4) is 0 Å². The maximum Gasteiger partial charge on any atom is 2.00 e. The van der Waals surface area contributed by atoms with E-state index in [1.54, 1.807) is 0 Å². The van der Waals surface area contributed by atoms with Crippen molar-refractivity contribution in [3.63, 3.8) is 0 Å². The van der Waals surface area contributed by atoms with Crippen molar-refractivity contribution in [1.82, 2.24) is 23.3 Å². The van der Waals surface area contributed by atoms with Gasteiger partial charge in [0.15, 0.2) is 0 Å². The number of rotatable bonds is 4. The molecule has 12 aromatic rings. The minimum Gasteiger partial charge on any atom is -0.503 e. The van der Waals surface area contributed by atoms with Gasteiger partial charge in [0.1, 0.15) is 17.0 Å². The molecule has 5 aromatic heterocycles. The van der Waals surface area contributed by atoms with Crippen LogP contribution in [0.5, 0.6) is 11.5 Å². The van der Waals surface area contributed by atoms with Crippen molar-refractivity contribution in [2.45, 2.75) is 26.2 Å². The SMILES string of the molecule is CC(C)(C)c1ccnc(-n2c3[c-]c(Oc4[c-]c(-c5nc6c7ccccc7n7c8ccccc8c8ccccc8c8ccccc8n5c67)ccc4)ccc3c3ccccc32)c1.[Pt+2]. The molecule has 5 heterocycles. The van der Waals surface area contributed by atoms with Crippen molar-refractivity contribution in [3.05, 3.63) is 188 Å². The van der Waals surface area contributed by atoms with Gasteiger partial charge in [-0.15, -0.1) is 41.3 Å². The van der Waals surface area contributed by atoms with E-state index in [2.05, 4.69) is 192 Å². The van der Waals surface area contributed by atoms with E-state index in [0.717, 1.165) is 88.3 Å². The third-order valence-corrected chi connectivity index (χ3v) is 11.9. The predicted octanol–water partition coefficient (Wildman–Crippen LogP) is 13.6. The number of nitrogens with zero attached hydrogens (tertiary/aromatic N) is 5. The van der Waals surface area contributed by atoms with Crippen molar-refractivity contribution in [2.24, 2.45) is 0 Å². The first-order valence-corrected chi connectivity index (χ1v) is 20.3. The molecule has 0 bridgehead atoms. The minimum atomic E-state index is -0.0287. The zero-order chi connectivity index (χ0) is 40.1. The number of imidazole rings is 1. The summed E-state index contributed by atoms with van der Waals surface area (Å²) in [4.78, 5) is 10.4. The number of para-hydroxylation sites is 4. The topological polar surface area (TPSA) is 48.8 Å². The molecule has 7 heteroatoms. The molecule has 0 N–H and O–H groups in total. The number of fused-ring (bicyclic) bond motifs is 13. The fourth-order valence-electron chi connectivity index (χ4n) is 9.12. The number of hydrogen-bond donors (Lipinski definition) is 0. The molecule has 0 atom stereocenters. The van der Waals surface area contributed by atoms with Crippen LogP contribution in [0.4, 0.5) is 0 Å². The molecule has 0 unspecified atom stereocenters. The van der Waals surface area contributed by atoms with E-state index in [1.165, 1.54) is 10.9 Å². The van der Waals surface area contributed by atoms with E-state index in [0.29, 0.717) is 11.5 Å². The zero-order valence-electron chi connectivity index (χ0n) is 33.6. The largest absolute Gasteiger partial charge is 2.00 e. The second kappa shape index (κ2) is 14.0. The summed E-state index contributed by atoms with van der Waals surface area (Å²) < 4.78 is 13.6. The molecular formula is C54H37N5OPt. The fourth-order valence-corrected chi connectivity index (χ4v) is 9.12. The van der Waals surface area contributed by atoms with Crippen LogP contribution in [-0.4, -0.2) is 23.3 Å². The van der Waals surface area contributed by atoms with Crippen LogP contribution in [0.15, 0.2) is 170 Å². The fraction of sp³-hybridized carbons (Fsp3) is 0.0741. The summed E-state index contributed by atoms with van der Waals surface area (Å²) in [7, 11) is 0. The van der Waals surface area contributed by atoms with E-state index in [9.17, 15) is 0 Å². The van der Waals surface area contributed by atoms with Gasteiger partial charge in [-0.3, -0.25) is 9.38 Å². The Balaban J connectivity index is 0.00000420. The van der Waals surface area contributed by atoms with E-state index >= 15 is 0 Å². The van der Waals surface area contributed by atoms with Crippen LogP contribution in [0.25, 0.3) is 93.7 Å². The molecule has 0 saturated carbocycles. The molecule has 6 nitrogen and oxygen atoms in total. The number of aromatic nitrogens is 5. The van der Waals surface area contributed by atoms with Crippen LogP contribution in [0.2, 0.25) is 0 Å². The van der Waals surface area contributed by atoms with Crippen LogP contribution >= 0.6 is 0 Å². The summed E-state index contributed by atoms with van der Waals surface area (Å²) >= 11 is 0. The molecule has 12 rings (SSSR count). The standard InChI is InChI=1S/C54H37N5O.Pt/c1-54(2,3)35-29-30-55-50(32-35)57-45-23-10-8-21-42(45)43-28-27-37(33-49(43)57)60-36-16-14-15-34(31-36)52-56-51-44-22-9-13-26-48(44)58-46-24-11-6-19-40(46)38-17-4-5-18-39(38)41-20-7-12-25-47(41)59(52)53(51)58;/h4-30,32H,1-3H3;/q-2;+2. The predicted molar refractivity (Wildman–Crippen MR) is 245 cm³/mol. The Labute approximate surface area is 366 Å². The first-order valence-electron chi connectivity index (χ1n) is 20.3. The van der Waals surface area contributed by atoms with Crippen molar-refractivity contribution in [1.29, 1.82) is 0 Å². The monoisotopic (exact) mass is 966 g/mol. The van der Waals surface area contributed by atoms with Crippen LogP contribution < -0.4 is 4.74 Å². The van der Waals surface area contributed by atoms with Gasteiger partial charge in [-0.25, -0.2) is 4.98 Å². The van der Waals surface area contributed by atoms with Crippen molar-refractivity contribution < 1.29 is 25.8 Å². The van der Waals surface area contributed by atoms with Gasteiger partial charge < -0.3 is 13.7 Å². The number of pyridine rings is 1. The van der Waals surface area contributed by atoms with Gasteiger partial charge >= 0.3 is 21.1 Å². The summed E-state index contributed by atoms with van der Waals surface area (Å²) in [6.07, 6.45) is 1.90. The third-order valence-electron chi connectivity index (χ3n) is 11.9.